The van der Waals surface area contributed by atoms with E-state index in [2.05, 4.69) is 10.3 Å². The summed E-state index contributed by atoms with van der Waals surface area (Å²) < 4.78 is 6.19. The number of hydrogen-bond acceptors (Lipinski definition) is 6. The van der Waals surface area contributed by atoms with E-state index in [1.54, 1.807) is 4.57 Å². The van der Waals surface area contributed by atoms with Crippen LogP contribution in [0.5, 0.6) is 0 Å². The number of fused-ring (bicyclic) bond motifs is 1. The number of carbonyl (C=O) groups is 1. The molecule has 0 bridgehead atoms. The number of benzene rings is 2. The summed E-state index contributed by atoms with van der Waals surface area (Å²) in [7, 11) is 0. The molecule has 0 spiro atoms. The number of thioether (sulfide) groups is 1. The molecular weight excluding hydrogens is 398 g/mol. The molecular formula is C23H27N3O3S. The number of aromatic nitrogens is 2. The fourth-order valence-corrected chi connectivity index (χ4v) is 4.14. The van der Waals surface area contributed by atoms with Gasteiger partial charge in [0, 0.05) is 23.7 Å². The highest BCUT2D eigenvalue weighted by Gasteiger charge is 2.30. The van der Waals surface area contributed by atoms with Gasteiger partial charge in [0.05, 0.1) is 17.5 Å². The highest BCUT2D eigenvalue weighted by molar-refractivity contribution is 8.01. The number of anilines is 1. The van der Waals surface area contributed by atoms with Crippen LogP contribution < -0.4 is 10.9 Å². The smallest absolute Gasteiger partial charge is 0.321 e. The molecule has 1 heterocycles. The predicted molar refractivity (Wildman–Crippen MR) is 122 cm³/mol. The minimum Gasteiger partial charge on any atom is -0.465 e. The molecule has 2 aromatic carbocycles. The lowest BCUT2D eigenvalue weighted by atomic mass is 10.2. The number of esters is 1. The van der Waals surface area contributed by atoms with E-state index in [-0.39, 0.29) is 11.5 Å². The molecule has 1 N–H and O–H groups in total. The van der Waals surface area contributed by atoms with E-state index in [1.165, 1.54) is 11.8 Å². The van der Waals surface area contributed by atoms with Crippen molar-refractivity contribution in [3.05, 3.63) is 64.7 Å². The average Bonchev–Trinajstić information content (AvgIpc) is 2.71. The number of nitrogens with zero attached hydrogens (tertiary/aromatic N) is 2. The molecule has 0 aliphatic heterocycles. The van der Waals surface area contributed by atoms with E-state index >= 15 is 0 Å². The van der Waals surface area contributed by atoms with E-state index in [0.29, 0.717) is 30.9 Å². The van der Waals surface area contributed by atoms with Crippen molar-refractivity contribution in [2.45, 2.75) is 43.9 Å². The van der Waals surface area contributed by atoms with E-state index in [9.17, 15) is 9.59 Å². The Balaban J connectivity index is 1.62. The Kier molecular flexibility index (Phi) is 6.82. The zero-order chi connectivity index (χ0) is 21.7. The molecule has 3 rings (SSSR count). The summed E-state index contributed by atoms with van der Waals surface area (Å²) in [6.45, 7) is 8.88. The summed E-state index contributed by atoms with van der Waals surface area (Å²) in [6, 6.07) is 15.3. The number of hydrogen-bond donors (Lipinski definition) is 1. The minimum absolute atomic E-state index is 0.0205. The molecule has 0 atom stereocenters. The van der Waals surface area contributed by atoms with E-state index in [0.717, 1.165) is 16.1 Å². The van der Waals surface area contributed by atoms with Crippen molar-refractivity contribution in [1.82, 2.24) is 9.55 Å². The van der Waals surface area contributed by atoms with Gasteiger partial charge < -0.3 is 10.1 Å². The Morgan fingerprint density at radius 3 is 2.57 bits per heavy atom. The van der Waals surface area contributed by atoms with Crippen molar-refractivity contribution in [1.29, 1.82) is 0 Å². The van der Waals surface area contributed by atoms with Gasteiger partial charge in [-0.3, -0.25) is 14.2 Å². The molecule has 158 valence electrons. The highest BCUT2D eigenvalue weighted by Crippen LogP contribution is 2.34. The first kappa shape index (κ1) is 21.9. The lowest BCUT2D eigenvalue weighted by molar-refractivity contribution is -0.145. The Hall–Kier alpha value is -2.80. The summed E-state index contributed by atoms with van der Waals surface area (Å²) in [5.41, 5.74) is 1.66. The van der Waals surface area contributed by atoms with Gasteiger partial charge in [0.25, 0.3) is 5.56 Å². The lowest BCUT2D eigenvalue weighted by Gasteiger charge is -2.21. The van der Waals surface area contributed by atoms with Crippen LogP contribution in [0.25, 0.3) is 10.9 Å². The van der Waals surface area contributed by atoms with Crippen LogP contribution in [0.4, 0.5) is 5.69 Å². The average molecular weight is 426 g/mol. The summed E-state index contributed by atoms with van der Waals surface area (Å²) in [6.07, 6.45) is 0. The molecule has 7 heteroatoms. The van der Waals surface area contributed by atoms with Crippen molar-refractivity contribution in [3.63, 3.8) is 0 Å². The zero-order valence-electron chi connectivity index (χ0n) is 17.8. The quantitative estimate of drug-likeness (QED) is 0.430. The van der Waals surface area contributed by atoms with E-state index in [4.69, 9.17) is 4.74 Å². The minimum atomic E-state index is -0.646. The number of nitrogens with one attached hydrogen (secondary N) is 1. The Bertz CT molecular complexity index is 1090. The molecule has 0 saturated carbocycles. The molecule has 30 heavy (non-hydrogen) atoms. The van der Waals surface area contributed by atoms with Gasteiger partial charge in [0.2, 0.25) is 0 Å². The van der Waals surface area contributed by atoms with E-state index < -0.39 is 4.75 Å². The fraction of sp³-hybridized carbons (Fsp3) is 0.348. The van der Waals surface area contributed by atoms with Crippen LogP contribution in [0, 0.1) is 6.92 Å². The maximum Gasteiger partial charge on any atom is 0.321 e. The van der Waals surface area contributed by atoms with E-state index in [1.807, 2.05) is 76.2 Å². The van der Waals surface area contributed by atoms with Crippen LogP contribution in [-0.4, -0.2) is 33.4 Å². The fourth-order valence-electron chi connectivity index (χ4n) is 3.14. The Morgan fingerprint density at radius 1 is 1.17 bits per heavy atom. The Labute approximate surface area is 180 Å². The normalized spacial score (nSPS) is 11.5. The van der Waals surface area contributed by atoms with Gasteiger partial charge in [0.15, 0.2) is 0 Å². The number of aryl methyl sites for hydroxylation is 1. The van der Waals surface area contributed by atoms with Crippen LogP contribution in [0.15, 0.2) is 58.2 Å². The Morgan fingerprint density at radius 2 is 1.87 bits per heavy atom. The van der Waals surface area contributed by atoms with Gasteiger partial charge in [-0.25, -0.2) is 4.98 Å². The second-order valence-corrected chi connectivity index (χ2v) is 9.11. The molecule has 0 radical (unpaired) electrons. The predicted octanol–water partition coefficient (Wildman–Crippen LogP) is 4.25. The van der Waals surface area contributed by atoms with Gasteiger partial charge in [-0.2, -0.15) is 0 Å². The maximum absolute atomic E-state index is 12.7. The van der Waals surface area contributed by atoms with Crippen LogP contribution in [0.1, 0.15) is 26.6 Å². The molecule has 0 unspecified atom stereocenters. The molecule has 0 aliphatic carbocycles. The summed E-state index contributed by atoms with van der Waals surface area (Å²) in [5.74, 6) is 0.482. The highest BCUT2D eigenvalue weighted by atomic mass is 32.2. The second kappa shape index (κ2) is 9.34. The van der Waals surface area contributed by atoms with Crippen molar-refractivity contribution in [2.75, 3.05) is 18.5 Å². The van der Waals surface area contributed by atoms with Crippen molar-refractivity contribution < 1.29 is 9.53 Å². The molecule has 0 amide bonds. The summed E-state index contributed by atoms with van der Waals surface area (Å²) >= 11 is 1.47. The van der Waals surface area contributed by atoms with Gasteiger partial charge in [-0.1, -0.05) is 12.1 Å². The standard InChI is InChI=1S/C23H27N3O3S/c1-5-29-22(28)23(3,4)30-18-12-10-17(11-13-18)24-14-15-26-16(2)25-20-9-7-6-8-19(20)21(26)27/h6-13,24H,5,14-15H2,1-4H3. The van der Waals surface area contributed by atoms with Gasteiger partial charge >= 0.3 is 5.97 Å². The van der Waals surface area contributed by atoms with Crippen LogP contribution >= 0.6 is 11.8 Å². The third kappa shape index (κ3) is 5.02. The third-order valence-electron chi connectivity index (χ3n) is 4.71. The second-order valence-electron chi connectivity index (χ2n) is 7.42. The number of para-hydroxylation sites is 1. The summed E-state index contributed by atoms with van der Waals surface area (Å²) in [4.78, 5) is 30.3. The first-order valence-electron chi connectivity index (χ1n) is 9.98. The van der Waals surface area contributed by atoms with Crippen molar-refractivity contribution in [2.24, 2.45) is 0 Å². The monoisotopic (exact) mass is 425 g/mol. The van der Waals surface area contributed by atoms with Gasteiger partial charge in [-0.05, 0) is 64.1 Å². The largest absolute Gasteiger partial charge is 0.465 e. The zero-order valence-corrected chi connectivity index (χ0v) is 18.6. The number of ether oxygens (including phenoxy) is 1. The molecule has 1 aromatic heterocycles. The van der Waals surface area contributed by atoms with Crippen LogP contribution in [-0.2, 0) is 16.1 Å². The lowest BCUT2D eigenvalue weighted by Crippen LogP contribution is -2.29. The SMILES string of the molecule is CCOC(=O)C(C)(C)Sc1ccc(NCCn2c(C)nc3ccccc3c2=O)cc1. The molecule has 0 fully saturated rings. The molecule has 6 nitrogen and oxygen atoms in total. The van der Waals surface area contributed by atoms with Gasteiger partial charge in [0.1, 0.15) is 10.6 Å². The molecule has 0 aliphatic rings. The third-order valence-corrected chi connectivity index (χ3v) is 5.90. The topological polar surface area (TPSA) is 73.2 Å². The molecule has 3 aromatic rings. The first-order valence-corrected chi connectivity index (χ1v) is 10.8. The van der Waals surface area contributed by atoms with Crippen molar-refractivity contribution >= 4 is 34.3 Å². The number of rotatable bonds is 8. The van der Waals surface area contributed by atoms with Crippen LogP contribution in [0.3, 0.4) is 0 Å². The van der Waals surface area contributed by atoms with Crippen LogP contribution in [0.2, 0.25) is 0 Å². The molecule has 0 saturated heterocycles. The first-order chi connectivity index (χ1) is 14.3. The maximum atomic E-state index is 12.7. The van der Waals surface area contributed by atoms with Crippen molar-refractivity contribution in [3.8, 4) is 0 Å². The summed E-state index contributed by atoms with van der Waals surface area (Å²) in [5, 5.41) is 3.97. The number of carbonyl (C=O) groups excluding carboxylic acids is 1. The van der Waals surface area contributed by atoms with Gasteiger partial charge in [-0.15, -0.1) is 11.8 Å².